The van der Waals surface area contributed by atoms with Gasteiger partial charge in [0.1, 0.15) is 5.00 Å². The molecule has 1 aliphatic heterocycles. The second-order valence-electron chi connectivity index (χ2n) is 6.15. The van der Waals surface area contributed by atoms with Crippen molar-refractivity contribution in [1.29, 1.82) is 0 Å². The van der Waals surface area contributed by atoms with Crippen molar-refractivity contribution in [2.45, 2.75) is 26.8 Å². The Bertz CT molecular complexity index is 998. The third kappa shape index (κ3) is 4.44. The normalized spacial score (nSPS) is 12.8. The Kier molecular flexibility index (Phi) is 6.67. The van der Waals surface area contributed by atoms with Gasteiger partial charge in [0.15, 0.2) is 0 Å². The van der Waals surface area contributed by atoms with E-state index in [4.69, 9.17) is 9.47 Å². The van der Waals surface area contributed by atoms with Crippen molar-refractivity contribution < 1.29 is 28.8 Å². The van der Waals surface area contributed by atoms with Gasteiger partial charge in [-0.25, -0.2) is 9.59 Å². The van der Waals surface area contributed by atoms with E-state index in [1.165, 1.54) is 28.4 Å². The summed E-state index contributed by atoms with van der Waals surface area (Å²) >= 11 is 1.93. The van der Waals surface area contributed by atoms with Crippen LogP contribution in [0.1, 0.15) is 44.3 Å². The number of thiophene rings is 2. The predicted octanol–water partition coefficient (Wildman–Crippen LogP) is 3.66. The highest BCUT2D eigenvalue weighted by Gasteiger charge is 2.31. The molecule has 12 heteroatoms. The van der Waals surface area contributed by atoms with E-state index in [0.29, 0.717) is 18.0 Å². The summed E-state index contributed by atoms with van der Waals surface area (Å²) < 4.78 is 10.2. The number of hydrogen-bond acceptors (Lipinski definition) is 9. The fourth-order valence-corrected chi connectivity index (χ4v) is 4.96. The summed E-state index contributed by atoms with van der Waals surface area (Å²) in [6, 6.07) is 2.61. The number of fused-ring (bicyclic) bond motifs is 1. The molecule has 0 spiro atoms. The van der Waals surface area contributed by atoms with Crippen LogP contribution in [0.5, 0.6) is 0 Å². The first-order chi connectivity index (χ1) is 14.3. The Morgan fingerprint density at radius 3 is 2.57 bits per heavy atom. The molecule has 0 atom stereocenters. The van der Waals surface area contributed by atoms with Gasteiger partial charge in [-0.15, -0.1) is 11.3 Å². The van der Waals surface area contributed by atoms with E-state index >= 15 is 0 Å². The number of ether oxygens (including phenoxy) is 2. The standard InChI is InChI=1S/C18H19N3O7S2/c1-3-27-17(23)14-10-7-8-20(18(24)28-4-2)9-12(10)30-16(14)19-15(22)11-5-6-13(29-11)21(25)26/h5-6H,3-4,7-9H2,1-2H3,(H,19,22). The van der Waals surface area contributed by atoms with Crippen LogP contribution >= 0.6 is 22.7 Å². The SMILES string of the molecule is CCOC(=O)c1c(NC(=O)c2ccc([N+](=O)[O-])s2)sc2c1CCN(C(=O)OCC)C2. The summed E-state index contributed by atoms with van der Waals surface area (Å²) in [5.74, 6) is -1.12. The number of carbonyl (C=O) groups excluding carboxylic acids is 3. The maximum atomic E-state index is 12.6. The summed E-state index contributed by atoms with van der Waals surface area (Å²) in [6.45, 7) is 4.46. The van der Waals surface area contributed by atoms with Crippen molar-refractivity contribution in [3.05, 3.63) is 43.1 Å². The molecule has 2 aromatic heterocycles. The summed E-state index contributed by atoms with van der Waals surface area (Å²) in [7, 11) is 0. The summed E-state index contributed by atoms with van der Waals surface area (Å²) in [6.07, 6.45) is -0.0233. The van der Waals surface area contributed by atoms with Gasteiger partial charge in [0.25, 0.3) is 5.91 Å². The lowest BCUT2D eigenvalue weighted by atomic mass is 10.0. The first-order valence-electron chi connectivity index (χ1n) is 9.14. The van der Waals surface area contributed by atoms with E-state index in [-0.39, 0.29) is 35.2 Å². The smallest absolute Gasteiger partial charge is 0.410 e. The third-order valence-electron chi connectivity index (χ3n) is 4.29. The van der Waals surface area contributed by atoms with E-state index in [1.54, 1.807) is 13.8 Å². The molecular formula is C18H19N3O7S2. The minimum atomic E-state index is -0.570. The number of anilines is 1. The molecule has 0 aliphatic carbocycles. The van der Waals surface area contributed by atoms with Crippen LogP contribution in [0.15, 0.2) is 12.1 Å². The number of hydrogen-bond donors (Lipinski definition) is 1. The molecule has 1 aliphatic rings. The topological polar surface area (TPSA) is 128 Å². The van der Waals surface area contributed by atoms with Crippen LogP contribution in [0, 0.1) is 10.1 Å². The number of rotatable bonds is 6. The lowest BCUT2D eigenvalue weighted by molar-refractivity contribution is -0.380. The Balaban J connectivity index is 1.89. The van der Waals surface area contributed by atoms with Crippen molar-refractivity contribution >= 4 is 50.6 Å². The number of nitrogens with one attached hydrogen (secondary N) is 1. The van der Waals surface area contributed by atoms with E-state index in [2.05, 4.69) is 5.32 Å². The van der Waals surface area contributed by atoms with Crippen LogP contribution < -0.4 is 5.32 Å². The molecular weight excluding hydrogens is 434 g/mol. The fraction of sp³-hybridized carbons (Fsp3) is 0.389. The Labute approximate surface area is 179 Å². The van der Waals surface area contributed by atoms with Gasteiger partial charge in [-0.05, 0) is 31.9 Å². The lowest BCUT2D eigenvalue weighted by Crippen LogP contribution is -2.36. The van der Waals surface area contributed by atoms with E-state index < -0.39 is 22.9 Å². The molecule has 1 N–H and O–H groups in total. The van der Waals surface area contributed by atoms with Gasteiger partial charge < -0.3 is 19.7 Å². The van der Waals surface area contributed by atoms with Crippen molar-refractivity contribution in [2.75, 3.05) is 25.1 Å². The number of esters is 1. The minimum absolute atomic E-state index is 0.149. The van der Waals surface area contributed by atoms with Gasteiger partial charge in [0, 0.05) is 17.5 Å². The van der Waals surface area contributed by atoms with Crippen LogP contribution in [-0.2, 0) is 22.4 Å². The molecule has 3 rings (SSSR count). The van der Waals surface area contributed by atoms with Crippen LogP contribution in [0.3, 0.4) is 0 Å². The molecule has 2 aromatic rings. The highest BCUT2D eigenvalue weighted by molar-refractivity contribution is 7.18. The number of nitrogens with zero attached hydrogens (tertiary/aromatic N) is 2. The van der Waals surface area contributed by atoms with Crippen LogP contribution in [0.25, 0.3) is 0 Å². The molecule has 0 saturated carbocycles. The Morgan fingerprint density at radius 1 is 1.20 bits per heavy atom. The average molecular weight is 453 g/mol. The molecule has 0 radical (unpaired) electrons. The van der Waals surface area contributed by atoms with Gasteiger partial charge in [0.2, 0.25) is 0 Å². The van der Waals surface area contributed by atoms with Crippen molar-refractivity contribution in [3.8, 4) is 0 Å². The first kappa shape index (κ1) is 21.7. The number of amides is 2. The van der Waals surface area contributed by atoms with Crippen LogP contribution in [0.4, 0.5) is 14.8 Å². The predicted molar refractivity (Wildman–Crippen MR) is 110 cm³/mol. The zero-order chi connectivity index (χ0) is 21.8. The van der Waals surface area contributed by atoms with Crippen molar-refractivity contribution in [2.24, 2.45) is 0 Å². The van der Waals surface area contributed by atoms with E-state index in [1.807, 2.05) is 0 Å². The summed E-state index contributed by atoms with van der Waals surface area (Å²) in [4.78, 5) is 49.9. The highest BCUT2D eigenvalue weighted by atomic mass is 32.1. The molecule has 10 nitrogen and oxygen atoms in total. The molecule has 0 bridgehead atoms. The maximum absolute atomic E-state index is 12.6. The quantitative estimate of drug-likeness (QED) is 0.401. The Hall–Kier alpha value is -2.99. The molecule has 0 aromatic carbocycles. The molecule has 0 unspecified atom stereocenters. The lowest BCUT2D eigenvalue weighted by Gasteiger charge is -2.26. The first-order valence-corrected chi connectivity index (χ1v) is 10.8. The number of nitro groups is 1. The molecule has 3 heterocycles. The van der Waals surface area contributed by atoms with E-state index in [0.717, 1.165) is 21.8 Å². The van der Waals surface area contributed by atoms with Crippen LogP contribution in [-0.4, -0.2) is 47.6 Å². The van der Waals surface area contributed by atoms with Crippen LogP contribution in [0.2, 0.25) is 0 Å². The number of carbonyl (C=O) groups is 3. The zero-order valence-electron chi connectivity index (χ0n) is 16.3. The Morgan fingerprint density at radius 2 is 1.93 bits per heavy atom. The van der Waals surface area contributed by atoms with E-state index in [9.17, 15) is 24.5 Å². The van der Waals surface area contributed by atoms with Gasteiger partial charge >= 0.3 is 17.1 Å². The maximum Gasteiger partial charge on any atom is 0.410 e. The van der Waals surface area contributed by atoms with Gasteiger partial charge in [-0.3, -0.25) is 14.9 Å². The van der Waals surface area contributed by atoms with Gasteiger partial charge in [-0.1, -0.05) is 11.3 Å². The highest BCUT2D eigenvalue weighted by Crippen LogP contribution is 2.38. The third-order valence-corrected chi connectivity index (χ3v) is 6.45. The fourth-order valence-electron chi connectivity index (χ4n) is 2.99. The minimum Gasteiger partial charge on any atom is -0.462 e. The van der Waals surface area contributed by atoms with Gasteiger partial charge in [-0.2, -0.15) is 0 Å². The largest absolute Gasteiger partial charge is 0.462 e. The van der Waals surface area contributed by atoms with Crippen molar-refractivity contribution in [1.82, 2.24) is 4.90 Å². The molecule has 0 saturated heterocycles. The molecule has 30 heavy (non-hydrogen) atoms. The zero-order valence-corrected chi connectivity index (χ0v) is 17.9. The van der Waals surface area contributed by atoms with Crippen molar-refractivity contribution in [3.63, 3.8) is 0 Å². The second kappa shape index (κ2) is 9.22. The second-order valence-corrected chi connectivity index (χ2v) is 8.32. The molecule has 2 amide bonds. The average Bonchev–Trinajstić information content (AvgIpc) is 3.32. The van der Waals surface area contributed by atoms with Gasteiger partial charge in [0.05, 0.1) is 35.1 Å². The molecule has 160 valence electrons. The molecule has 0 fully saturated rings. The summed E-state index contributed by atoms with van der Waals surface area (Å²) in [5.41, 5.74) is 0.992. The summed E-state index contributed by atoms with van der Waals surface area (Å²) in [5, 5.41) is 13.7. The monoisotopic (exact) mass is 453 g/mol.